The molecule has 2 aromatic rings. The number of aromatic nitrogens is 2. The molecule has 0 aliphatic carbocycles. The molecule has 1 aliphatic rings. The fraction of sp³-hybridized carbons (Fsp3) is 0.500. The van der Waals surface area contributed by atoms with Crippen molar-refractivity contribution in [2.75, 3.05) is 31.1 Å². The van der Waals surface area contributed by atoms with Crippen LogP contribution in [0.25, 0.3) is 0 Å². The van der Waals surface area contributed by atoms with Gasteiger partial charge in [-0.05, 0) is 50.2 Å². The van der Waals surface area contributed by atoms with Crippen LogP contribution in [-0.2, 0) is 11.2 Å². The number of amides is 1. The number of aryl methyl sites for hydroxylation is 1. The molecule has 1 unspecified atom stereocenters. The minimum Gasteiger partial charge on any atom is -0.469 e. The number of ether oxygens (including phenoxy) is 1. The predicted molar refractivity (Wildman–Crippen MR) is 129 cm³/mol. The molecule has 1 saturated heterocycles. The summed E-state index contributed by atoms with van der Waals surface area (Å²) in [4.78, 5) is 21.8. The van der Waals surface area contributed by atoms with Crippen molar-refractivity contribution in [1.82, 2.24) is 15.3 Å². The first kappa shape index (κ1) is 26.5. The Bertz CT molecular complexity index is 1020. The van der Waals surface area contributed by atoms with Crippen molar-refractivity contribution < 1.29 is 22.7 Å². The van der Waals surface area contributed by atoms with Crippen LogP contribution in [-0.4, -0.2) is 48.0 Å². The van der Waals surface area contributed by atoms with Crippen molar-refractivity contribution >= 4 is 11.7 Å². The smallest absolute Gasteiger partial charge is 0.278 e. The van der Waals surface area contributed by atoms with Gasteiger partial charge in [-0.25, -0.2) is 13.8 Å². The molecule has 2 atom stereocenters. The van der Waals surface area contributed by atoms with Gasteiger partial charge in [0.1, 0.15) is 6.33 Å². The monoisotopic (exact) mass is 490 g/mol. The van der Waals surface area contributed by atoms with Crippen LogP contribution in [0.15, 0.2) is 42.7 Å². The van der Waals surface area contributed by atoms with Gasteiger partial charge in [0.25, 0.3) is 11.8 Å². The van der Waals surface area contributed by atoms with Gasteiger partial charge in [0.05, 0.1) is 5.92 Å². The molecule has 0 radical (unpaired) electrons. The highest BCUT2D eigenvalue weighted by Gasteiger charge is 2.29. The van der Waals surface area contributed by atoms with E-state index in [1.807, 2.05) is 43.0 Å². The summed E-state index contributed by atoms with van der Waals surface area (Å²) in [6.07, 6.45) is 3.80. The molecule has 1 aromatic heterocycles. The molecule has 6 nitrogen and oxygen atoms in total. The lowest BCUT2D eigenvalue weighted by atomic mass is 9.95. The van der Waals surface area contributed by atoms with Gasteiger partial charge in [0.15, 0.2) is 12.4 Å². The molecule has 1 aliphatic heterocycles. The summed E-state index contributed by atoms with van der Waals surface area (Å²) in [6.45, 7) is 9.02. The number of alkyl halides is 2. The zero-order valence-corrected chi connectivity index (χ0v) is 20.5. The molecule has 0 saturated carbocycles. The van der Waals surface area contributed by atoms with Crippen LogP contribution in [0.5, 0.6) is 5.88 Å². The van der Waals surface area contributed by atoms with Crippen LogP contribution < -0.4 is 15.0 Å². The molecule has 1 aromatic carbocycles. The Balaban J connectivity index is 1.51. The van der Waals surface area contributed by atoms with E-state index in [0.29, 0.717) is 32.5 Å². The summed E-state index contributed by atoms with van der Waals surface area (Å²) in [5, 5.41) is 2.88. The Morgan fingerprint density at radius 1 is 1.31 bits per heavy atom. The maximum atomic E-state index is 14.8. The third-order valence-corrected chi connectivity index (χ3v) is 6.07. The summed E-state index contributed by atoms with van der Waals surface area (Å²) in [5.74, 6) is -4.19. The second-order valence-electron chi connectivity index (χ2n) is 9.45. The molecular weight excluding hydrogens is 457 g/mol. The van der Waals surface area contributed by atoms with Gasteiger partial charge >= 0.3 is 0 Å². The molecule has 1 N–H and O–H groups in total. The number of nitrogens with zero attached hydrogens (tertiary/aromatic N) is 3. The van der Waals surface area contributed by atoms with Gasteiger partial charge in [0, 0.05) is 26.6 Å². The first-order chi connectivity index (χ1) is 16.5. The lowest BCUT2D eigenvalue weighted by Gasteiger charge is -2.19. The molecule has 1 amide bonds. The number of carbonyl (C=O) groups excluding carboxylic acids is 1. The maximum Gasteiger partial charge on any atom is 0.278 e. The molecule has 3 rings (SSSR count). The van der Waals surface area contributed by atoms with Crippen molar-refractivity contribution in [1.29, 1.82) is 0 Å². The maximum absolute atomic E-state index is 14.8. The lowest BCUT2D eigenvalue weighted by molar-refractivity contribution is -0.122. The van der Waals surface area contributed by atoms with E-state index < -0.39 is 24.2 Å². The molecule has 190 valence electrons. The van der Waals surface area contributed by atoms with Crippen LogP contribution in [0.3, 0.4) is 0 Å². The topological polar surface area (TPSA) is 67.4 Å². The van der Waals surface area contributed by atoms with Crippen molar-refractivity contribution in [3.63, 3.8) is 0 Å². The summed E-state index contributed by atoms with van der Waals surface area (Å²) in [6, 6.07) is 8.06. The number of nitrogens with one attached hydrogen (secondary N) is 1. The highest BCUT2D eigenvalue weighted by atomic mass is 19.3. The lowest BCUT2D eigenvalue weighted by Crippen LogP contribution is -2.29. The highest BCUT2D eigenvalue weighted by Crippen LogP contribution is 2.30. The van der Waals surface area contributed by atoms with E-state index in [4.69, 9.17) is 4.74 Å². The molecule has 2 heterocycles. The fourth-order valence-corrected chi connectivity index (χ4v) is 4.01. The van der Waals surface area contributed by atoms with E-state index in [2.05, 4.69) is 21.9 Å². The zero-order valence-electron chi connectivity index (χ0n) is 20.5. The van der Waals surface area contributed by atoms with E-state index in [1.54, 1.807) is 0 Å². The molecule has 0 bridgehead atoms. The Hall–Kier alpha value is -3.10. The highest BCUT2D eigenvalue weighted by molar-refractivity contribution is 5.83. The average Bonchev–Trinajstić information content (AvgIpc) is 3.28. The number of hydrogen-bond donors (Lipinski definition) is 1. The first-order valence-corrected chi connectivity index (χ1v) is 11.8. The quantitative estimate of drug-likeness (QED) is 0.454. The summed E-state index contributed by atoms with van der Waals surface area (Å²) in [5.41, 5.74) is 3.04. The van der Waals surface area contributed by atoms with E-state index in [9.17, 15) is 18.0 Å². The van der Waals surface area contributed by atoms with Gasteiger partial charge in [-0.1, -0.05) is 36.4 Å². The van der Waals surface area contributed by atoms with Crippen molar-refractivity contribution in [3.05, 3.63) is 59.7 Å². The predicted octanol–water partition coefficient (Wildman–Crippen LogP) is 4.90. The van der Waals surface area contributed by atoms with Crippen LogP contribution in [0, 0.1) is 11.7 Å². The van der Waals surface area contributed by atoms with Crippen LogP contribution >= 0.6 is 0 Å². The average molecular weight is 491 g/mol. The number of halogens is 3. The van der Waals surface area contributed by atoms with Gasteiger partial charge in [-0.2, -0.15) is 9.37 Å². The third-order valence-electron chi connectivity index (χ3n) is 6.07. The van der Waals surface area contributed by atoms with Gasteiger partial charge < -0.3 is 15.0 Å². The Morgan fingerprint density at radius 2 is 2.03 bits per heavy atom. The van der Waals surface area contributed by atoms with E-state index >= 15 is 0 Å². The largest absolute Gasteiger partial charge is 0.469 e. The molecule has 35 heavy (non-hydrogen) atoms. The van der Waals surface area contributed by atoms with Crippen molar-refractivity contribution in [2.45, 2.75) is 51.9 Å². The van der Waals surface area contributed by atoms with Gasteiger partial charge in [-0.15, -0.1) is 0 Å². The zero-order chi connectivity index (χ0) is 25.6. The van der Waals surface area contributed by atoms with Crippen molar-refractivity contribution in [3.8, 4) is 5.88 Å². The Kier molecular flexibility index (Phi) is 8.75. The standard InChI is InChI=1S/C26H33F3N4O2/c1-17(2)13-30-24(34)18(3)21-9-7-19(8-10-21)5-6-20-11-12-33(14-20)23-22(27)25(32-16-31-23)35-15-26(4,28)29/h7-10,16,18,20H,1,5-6,11-15H2,2-4H3,(H,30,34)/t18?,20-/m1/s1. The van der Waals surface area contributed by atoms with Crippen LogP contribution in [0.2, 0.25) is 0 Å². The normalized spacial score (nSPS) is 16.7. The van der Waals surface area contributed by atoms with E-state index in [0.717, 1.165) is 36.7 Å². The van der Waals surface area contributed by atoms with E-state index in [-0.39, 0.29) is 17.6 Å². The third kappa shape index (κ3) is 7.70. The second kappa shape index (κ2) is 11.6. The number of anilines is 1. The molecule has 9 heteroatoms. The Morgan fingerprint density at radius 3 is 2.69 bits per heavy atom. The fourth-order valence-electron chi connectivity index (χ4n) is 4.01. The van der Waals surface area contributed by atoms with Crippen LogP contribution in [0.1, 0.15) is 50.7 Å². The molecule has 0 spiro atoms. The summed E-state index contributed by atoms with van der Waals surface area (Å²) >= 11 is 0. The molecular formula is C26H33F3N4O2. The number of benzene rings is 1. The number of hydrogen-bond acceptors (Lipinski definition) is 5. The summed E-state index contributed by atoms with van der Waals surface area (Å²) in [7, 11) is 0. The molecule has 1 fully saturated rings. The van der Waals surface area contributed by atoms with Gasteiger partial charge in [0.2, 0.25) is 11.7 Å². The second-order valence-corrected chi connectivity index (χ2v) is 9.45. The van der Waals surface area contributed by atoms with Crippen LogP contribution in [0.4, 0.5) is 19.0 Å². The van der Waals surface area contributed by atoms with E-state index in [1.165, 1.54) is 5.56 Å². The number of rotatable bonds is 11. The minimum atomic E-state index is -3.08. The number of carbonyl (C=O) groups is 1. The Labute approximate surface area is 204 Å². The van der Waals surface area contributed by atoms with Crippen molar-refractivity contribution in [2.24, 2.45) is 5.92 Å². The van der Waals surface area contributed by atoms with Gasteiger partial charge in [-0.3, -0.25) is 4.79 Å². The minimum absolute atomic E-state index is 0.0271. The summed E-state index contributed by atoms with van der Waals surface area (Å²) < 4.78 is 45.7. The first-order valence-electron chi connectivity index (χ1n) is 11.8. The SMILES string of the molecule is C=C(C)CNC(=O)C(C)c1ccc(CC[C@@H]2CCN(c3ncnc(OCC(C)(F)F)c3F)C2)cc1.